The van der Waals surface area contributed by atoms with Gasteiger partial charge in [0.1, 0.15) is 11.9 Å². The predicted octanol–water partition coefficient (Wildman–Crippen LogP) is 1.95. The van der Waals surface area contributed by atoms with E-state index in [0.717, 1.165) is 15.8 Å². The number of ether oxygens (including phenoxy) is 1. The molecule has 1 atom stereocenters. The number of hydrogen-bond donors (Lipinski definition) is 1. The topological polar surface area (TPSA) is 46.5 Å². The van der Waals surface area contributed by atoms with Gasteiger partial charge in [-0.3, -0.25) is 4.79 Å². The molecule has 0 aromatic heterocycles. The lowest BCUT2D eigenvalue weighted by molar-refractivity contribution is -0.125. The summed E-state index contributed by atoms with van der Waals surface area (Å²) in [5.41, 5.74) is 0.855. The van der Waals surface area contributed by atoms with E-state index in [-0.39, 0.29) is 12.2 Å². The van der Waals surface area contributed by atoms with E-state index in [1.807, 2.05) is 12.1 Å². The Balaban J connectivity index is 2.80. The quantitative estimate of drug-likeness (QED) is 0.912. The first-order chi connectivity index (χ1) is 7.04. The van der Waals surface area contributed by atoms with Gasteiger partial charge >= 0.3 is 0 Å². The summed E-state index contributed by atoms with van der Waals surface area (Å²) in [6.07, 6.45) is -0.675. The minimum Gasteiger partial charge on any atom is -0.496 e. The maximum atomic E-state index is 11.3. The molecule has 0 aliphatic carbocycles. The first-order valence-corrected chi connectivity index (χ1v) is 5.37. The molecule has 0 heterocycles. The third-order valence-corrected chi connectivity index (χ3v) is 2.68. The van der Waals surface area contributed by atoms with Crippen LogP contribution >= 0.6 is 15.9 Å². The monoisotopic (exact) mass is 272 g/mol. The van der Waals surface area contributed by atoms with Crippen LogP contribution in [0.2, 0.25) is 0 Å². The molecule has 1 aromatic carbocycles. The van der Waals surface area contributed by atoms with Gasteiger partial charge in [-0.2, -0.15) is 0 Å². The third-order valence-electron chi connectivity index (χ3n) is 2.06. The van der Waals surface area contributed by atoms with Crippen molar-refractivity contribution in [3.8, 4) is 5.75 Å². The summed E-state index contributed by atoms with van der Waals surface area (Å²) in [6.45, 7) is 1.47. The van der Waals surface area contributed by atoms with E-state index < -0.39 is 6.10 Å². The molecule has 0 saturated carbocycles. The number of methoxy groups -OCH3 is 1. The number of aliphatic hydroxyl groups excluding tert-OH is 1. The Morgan fingerprint density at radius 3 is 2.73 bits per heavy atom. The Labute approximate surface area is 97.2 Å². The van der Waals surface area contributed by atoms with Crippen LogP contribution in [0, 0.1) is 0 Å². The Bertz CT molecular complexity index is 361. The van der Waals surface area contributed by atoms with Crippen molar-refractivity contribution in [2.45, 2.75) is 19.4 Å². The molecule has 3 nitrogen and oxygen atoms in total. The molecule has 0 amide bonds. The lowest BCUT2D eigenvalue weighted by Crippen LogP contribution is -2.18. The van der Waals surface area contributed by atoms with E-state index in [2.05, 4.69) is 15.9 Å². The molecule has 1 aromatic rings. The van der Waals surface area contributed by atoms with Crippen LogP contribution in [-0.4, -0.2) is 24.1 Å². The molecule has 1 rings (SSSR count). The van der Waals surface area contributed by atoms with Crippen molar-refractivity contribution < 1.29 is 14.6 Å². The van der Waals surface area contributed by atoms with E-state index in [1.165, 1.54) is 6.92 Å². The van der Waals surface area contributed by atoms with Crippen molar-refractivity contribution in [1.82, 2.24) is 0 Å². The minimum atomic E-state index is -0.911. The average Bonchev–Trinajstić information content (AvgIpc) is 2.18. The van der Waals surface area contributed by atoms with Gasteiger partial charge in [0, 0.05) is 6.42 Å². The zero-order chi connectivity index (χ0) is 11.4. The Kier molecular flexibility index (Phi) is 4.29. The molecule has 0 spiro atoms. The smallest absolute Gasteiger partial charge is 0.165 e. The lowest BCUT2D eigenvalue weighted by atomic mass is 10.1. The van der Waals surface area contributed by atoms with Crippen molar-refractivity contribution in [2.24, 2.45) is 0 Å². The van der Waals surface area contributed by atoms with Crippen molar-refractivity contribution in [2.75, 3.05) is 7.11 Å². The summed E-state index contributed by atoms with van der Waals surface area (Å²) >= 11 is 3.34. The van der Waals surface area contributed by atoms with Crippen LogP contribution in [0.15, 0.2) is 22.7 Å². The minimum absolute atomic E-state index is 0.188. The highest BCUT2D eigenvalue weighted by atomic mass is 79.9. The first-order valence-electron chi connectivity index (χ1n) is 4.57. The second kappa shape index (κ2) is 5.28. The van der Waals surface area contributed by atoms with E-state index in [0.29, 0.717) is 0 Å². The van der Waals surface area contributed by atoms with Gasteiger partial charge in [0.25, 0.3) is 0 Å². The maximum Gasteiger partial charge on any atom is 0.165 e. The Morgan fingerprint density at radius 2 is 2.27 bits per heavy atom. The van der Waals surface area contributed by atoms with E-state index in [4.69, 9.17) is 9.84 Å². The predicted molar refractivity (Wildman–Crippen MR) is 61.1 cm³/mol. The molecule has 0 aliphatic heterocycles. The van der Waals surface area contributed by atoms with Crippen molar-refractivity contribution in [3.63, 3.8) is 0 Å². The van der Waals surface area contributed by atoms with Crippen molar-refractivity contribution in [3.05, 3.63) is 28.2 Å². The van der Waals surface area contributed by atoms with E-state index >= 15 is 0 Å². The fourth-order valence-electron chi connectivity index (χ4n) is 1.17. The van der Waals surface area contributed by atoms with Crippen LogP contribution in [0.3, 0.4) is 0 Å². The number of benzene rings is 1. The number of carbonyl (C=O) groups is 1. The molecule has 0 fully saturated rings. The Hall–Kier alpha value is -0.870. The van der Waals surface area contributed by atoms with Gasteiger partial charge in [-0.25, -0.2) is 0 Å². The molecule has 0 bridgehead atoms. The fourth-order valence-corrected chi connectivity index (χ4v) is 1.76. The number of halogens is 1. The van der Waals surface area contributed by atoms with Crippen LogP contribution in [0.1, 0.15) is 12.5 Å². The van der Waals surface area contributed by atoms with Crippen molar-refractivity contribution >= 4 is 21.7 Å². The highest BCUT2D eigenvalue weighted by molar-refractivity contribution is 9.10. The van der Waals surface area contributed by atoms with E-state index in [1.54, 1.807) is 13.2 Å². The summed E-state index contributed by atoms with van der Waals surface area (Å²) in [5.74, 6) is 0.537. The molecular formula is C11H13BrO3. The first kappa shape index (κ1) is 12.2. The third kappa shape index (κ3) is 3.32. The summed E-state index contributed by atoms with van der Waals surface area (Å²) < 4.78 is 5.88. The number of carbonyl (C=O) groups excluding carboxylic acids is 1. The summed E-state index contributed by atoms with van der Waals surface area (Å²) in [5, 5.41) is 9.07. The number of ketones is 1. The van der Waals surface area contributed by atoms with E-state index in [9.17, 15) is 4.79 Å². The lowest BCUT2D eigenvalue weighted by Gasteiger charge is -2.07. The van der Waals surface area contributed by atoms with Crippen LogP contribution in [0.5, 0.6) is 5.75 Å². The van der Waals surface area contributed by atoms with Crippen molar-refractivity contribution in [1.29, 1.82) is 0 Å². The van der Waals surface area contributed by atoms with Gasteiger partial charge in [-0.1, -0.05) is 6.07 Å². The van der Waals surface area contributed by atoms with Crippen LogP contribution in [-0.2, 0) is 11.2 Å². The molecule has 0 aliphatic rings. The molecule has 4 heteroatoms. The molecular weight excluding hydrogens is 260 g/mol. The van der Waals surface area contributed by atoms with Crippen LogP contribution in [0.25, 0.3) is 0 Å². The second-order valence-electron chi connectivity index (χ2n) is 3.29. The highest BCUT2D eigenvalue weighted by Crippen LogP contribution is 2.25. The van der Waals surface area contributed by atoms with Gasteiger partial charge in [0.15, 0.2) is 5.78 Å². The molecule has 0 radical (unpaired) electrons. The van der Waals surface area contributed by atoms with Gasteiger partial charge < -0.3 is 9.84 Å². The largest absolute Gasteiger partial charge is 0.496 e. The fraction of sp³-hybridized carbons (Fsp3) is 0.364. The molecule has 82 valence electrons. The maximum absolute atomic E-state index is 11.3. The average molecular weight is 273 g/mol. The molecule has 1 N–H and O–H groups in total. The van der Waals surface area contributed by atoms with Crippen LogP contribution < -0.4 is 4.74 Å². The standard InChI is InChI=1S/C11H13BrO3/c1-7(13)10(14)6-8-3-4-11(15-2)9(12)5-8/h3-5,7,13H,6H2,1-2H3. The van der Waals surface area contributed by atoms with Gasteiger partial charge in [0.2, 0.25) is 0 Å². The highest BCUT2D eigenvalue weighted by Gasteiger charge is 2.10. The second-order valence-corrected chi connectivity index (χ2v) is 4.14. The van der Waals surface area contributed by atoms with Gasteiger partial charge in [-0.15, -0.1) is 0 Å². The zero-order valence-electron chi connectivity index (χ0n) is 8.66. The molecule has 15 heavy (non-hydrogen) atoms. The van der Waals surface area contributed by atoms with Gasteiger partial charge in [-0.05, 0) is 40.5 Å². The number of Topliss-reactive ketones (excluding diaryl/α,β-unsaturated/α-hetero) is 1. The normalized spacial score (nSPS) is 12.3. The molecule has 1 unspecified atom stereocenters. The number of rotatable bonds is 4. The summed E-state index contributed by atoms with van der Waals surface area (Å²) in [7, 11) is 1.58. The number of hydrogen-bond acceptors (Lipinski definition) is 3. The summed E-state index contributed by atoms with van der Waals surface area (Å²) in [4.78, 5) is 11.3. The Morgan fingerprint density at radius 1 is 1.60 bits per heavy atom. The number of aliphatic hydroxyl groups is 1. The summed E-state index contributed by atoms with van der Waals surface area (Å²) in [6, 6.07) is 5.41. The van der Waals surface area contributed by atoms with Crippen LogP contribution in [0.4, 0.5) is 0 Å². The molecule has 0 saturated heterocycles. The SMILES string of the molecule is COc1ccc(CC(=O)C(C)O)cc1Br. The van der Waals surface area contributed by atoms with Gasteiger partial charge in [0.05, 0.1) is 11.6 Å². The zero-order valence-corrected chi connectivity index (χ0v) is 10.2.